The van der Waals surface area contributed by atoms with E-state index in [9.17, 15) is 9.59 Å². The fourth-order valence-electron chi connectivity index (χ4n) is 2.34. The van der Waals surface area contributed by atoms with Crippen molar-refractivity contribution in [1.29, 1.82) is 0 Å². The zero-order chi connectivity index (χ0) is 18.2. The van der Waals surface area contributed by atoms with E-state index in [0.29, 0.717) is 17.9 Å². The Kier molecular flexibility index (Phi) is 6.82. The second kappa shape index (κ2) is 9.08. The van der Waals surface area contributed by atoms with E-state index in [1.807, 2.05) is 17.6 Å². The van der Waals surface area contributed by atoms with Crippen LogP contribution in [0.1, 0.15) is 18.2 Å². The number of anilines is 2. The second-order valence-corrected chi connectivity index (χ2v) is 5.61. The second-order valence-electron chi connectivity index (χ2n) is 5.34. The Bertz CT molecular complexity index is 745. The van der Waals surface area contributed by atoms with Crippen molar-refractivity contribution in [3.05, 3.63) is 42.0 Å². The van der Waals surface area contributed by atoms with E-state index < -0.39 is 0 Å². The first-order chi connectivity index (χ1) is 12.1. The summed E-state index contributed by atoms with van der Waals surface area (Å²) in [5.41, 5.74) is 3.09. The number of halogens is 1. The van der Waals surface area contributed by atoms with Crippen LogP contribution in [0.2, 0.25) is 0 Å². The SMILES string of the molecule is CCn1cncc1CNc1cc(CC(=O)OC)ccc1NC(=O)CCl. The van der Waals surface area contributed by atoms with Crippen molar-refractivity contribution in [2.75, 3.05) is 23.6 Å². The summed E-state index contributed by atoms with van der Waals surface area (Å²) in [7, 11) is 1.35. The van der Waals surface area contributed by atoms with Crippen LogP contribution in [-0.4, -0.2) is 34.4 Å². The summed E-state index contributed by atoms with van der Waals surface area (Å²) in [4.78, 5) is 27.2. The molecule has 1 aromatic carbocycles. The highest BCUT2D eigenvalue weighted by Crippen LogP contribution is 2.25. The number of ether oxygens (including phenoxy) is 1. The summed E-state index contributed by atoms with van der Waals surface area (Å²) in [6.07, 6.45) is 3.70. The number of esters is 1. The molecule has 1 aromatic heterocycles. The first kappa shape index (κ1) is 18.8. The number of benzene rings is 1. The van der Waals surface area contributed by atoms with Crippen molar-refractivity contribution in [2.24, 2.45) is 0 Å². The Morgan fingerprint density at radius 3 is 2.80 bits per heavy atom. The van der Waals surface area contributed by atoms with E-state index in [-0.39, 0.29) is 24.2 Å². The van der Waals surface area contributed by atoms with Gasteiger partial charge < -0.3 is 19.9 Å². The molecule has 8 heteroatoms. The van der Waals surface area contributed by atoms with Gasteiger partial charge >= 0.3 is 5.97 Å². The molecule has 25 heavy (non-hydrogen) atoms. The molecule has 0 spiro atoms. The van der Waals surface area contributed by atoms with Crippen LogP contribution in [0.25, 0.3) is 0 Å². The lowest BCUT2D eigenvalue weighted by molar-refractivity contribution is -0.139. The van der Waals surface area contributed by atoms with E-state index in [4.69, 9.17) is 16.3 Å². The van der Waals surface area contributed by atoms with Crippen molar-refractivity contribution in [3.63, 3.8) is 0 Å². The first-order valence-corrected chi connectivity index (χ1v) is 8.39. The van der Waals surface area contributed by atoms with Gasteiger partial charge in [0.05, 0.1) is 43.5 Å². The molecule has 0 saturated heterocycles. The fraction of sp³-hybridized carbons (Fsp3) is 0.353. The normalized spacial score (nSPS) is 10.4. The van der Waals surface area contributed by atoms with E-state index in [1.54, 1.807) is 24.7 Å². The Labute approximate surface area is 151 Å². The van der Waals surface area contributed by atoms with Crippen molar-refractivity contribution >= 4 is 34.9 Å². The summed E-state index contributed by atoms with van der Waals surface area (Å²) >= 11 is 5.57. The number of nitrogens with one attached hydrogen (secondary N) is 2. The monoisotopic (exact) mass is 364 g/mol. The summed E-state index contributed by atoms with van der Waals surface area (Å²) in [6, 6.07) is 5.32. The van der Waals surface area contributed by atoms with Gasteiger partial charge in [0.2, 0.25) is 5.91 Å². The zero-order valence-electron chi connectivity index (χ0n) is 14.2. The summed E-state index contributed by atoms with van der Waals surface area (Å²) in [5.74, 6) is -0.761. The van der Waals surface area contributed by atoms with Gasteiger partial charge in [-0.3, -0.25) is 9.59 Å². The van der Waals surface area contributed by atoms with Gasteiger partial charge in [0.25, 0.3) is 0 Å². The minimum absolute atomic E-state index is 0.133. The largest absolute Gasteiger partial charge is 0.469 e. The third-order valence-corrected chi connectivity index (χ3v) is 3.90. The number of hydrogen-bond donors (Lipinski definition) is 2. The highest BCUT2D eigenvalue weighted by atomic mass is 35.5. The van der Waals surface area contributed by atoms with E-state index in [1.165, 1.54) is 7.11 Å². The third-order valence-electron chi connectivity index (χ3n) is 3.65. The van der Waals surface area contributed by atoms with Crippen LogP contribution in [0.15, 0.2) is 30.7 Å². The molecule has 1 heterocycles. The number of aromatic nitrogens is 2. The predicted molar refractivity (Wildman–Crippen MR) is 96.7 cm³/mol. The number of hydrogen-bond acceptors (Lipinski definition) is 5. The quantitative estimate of drug-likeness (QED) is 0.555. The van der Waals surface area contributed by atoms with Gasteiger partial charge in [-0.1, -0.05) is 6.07 Å². The first-order valence-electron chi connectivity index (χ1n) is 7.85. The number of imidazole rings is 1. The molecule has 0 unspecified atom stereocenters. The average molecular weight is 365 g/mol. The van der Waals surface area contributed by atoms with E-state index in [0.717, 1.165) is 17.8 Å². The van der Waals surface area contributed by atoms with Crippen LogP contribution in [0.3, 0.4) is 0 Å². The number of nitrogens with zero attached hydrogens (tertiary/aromatic N) is 2. The molecular formula is C17H21ClN4O3. The Hall–Kier alpha value is -2.54. The van der Waals surface area contributed by atoms with Crippen LogP contribution < -0.4 is 10.6 Å². The van der Waals surface area contributed by atoms with Gasteiger partial charge in [-0.25, -0.2) is 4.98 Å². The van der Waals surface area contributed by atoms with E-state index in [2.05, 4.69) is 15.6 Å². The Morgan fingerprint density at radius 2 is 2.12 bits per heavy atom. The number of carbonyl (C=O) groups excluding carboxylic acids is 2. The fourth-order valence-corrected chi connectivity index (χ4v) is 2.41. The lowest BCUT2D eigenvalue weighted by Crippen LogP contribution is -2.15. The van der Waals surface area contributed by atoms with Crippen LogP contribution in [-0.2, 0) is 33.8 Å². The Balaban J connectivity index is 2.21. The standard InChI is InChI=1S/C17H21ClN4O3/c1-3-22-11-19-9-13(22)10-20-15-6-12(7-17(24)25-2)4-5-14(15)21-16(23)8-18/h4-6,9,11,20H,3,7-8,10H2,1-2H3,(H,21,23). The summed E-state index contributed by atoms with van der Waals surface area (Å²) < 4.78 is 6.71. The van der Waals surface area contributed by atoms with Crippen molar-refractivity contribution in [1.82, 2.24) is 9.55 Å². The molecule has 0 aliphatic carbocycles. The number of rotatable bonds is 8. The Morgan fingerprint density at radius 1 is 1.32 bits per heavy atom. The maximum atomic E-state index is 11.6. The maximum Gasteiger partial charge on any atom is 0.309 e. The number of methoxy groups -OCH3 is 1. The number of carbonyl (C=O) groups is 2. The van der Waals surface area contributed by atoms with Crippen molar-refractivity contribution in [2.45, 2.75) is 26.4 Å². The number of amides is 1. The van der Waals surface area contributed by atoms with Gasteiger partial charge in [0, 0.05) is 12.7 Å². The molecule has 0 radical (unpaired) electrons. The molecule has 0 fully saturated rings. The highest BCUT2D eigenvalue weighted by Gasteiger charge is 2.11. The molecule has 0 saturated carbocycles. The topological polar surface area (TPSA) is 85.2 Å². The van der Waals surface area contributed by atoms with Gasteiger partial charge in [0.15, 0.2) is 0 Å². The van der Waals surface area contributed by atoms with Crippen LogP contribution in [0.5, 0.6) is 0 Å². The molecule has 134 valence electrons. The highest BCUT2D eigenvalue weighted by molar-refractivity contribution is 6.29. The predicted octanol–water partition coefficient (Wildman–Crippen LogP) is 2.41. The molecular weight excluding hydrogens is 344 g/mol. The smallest absolute Gasteiger partial charge is 0.309 e. The molecule has 0 atom stereocenters. The minimum Gasteiger partial charge on any atom is -0.469 e. The molecule has 1 amide bonds. The zero-order valence-corrected chi connectivity index (χ0v) is 15.0. The van der Waals surface area contributed by atoms with E-state index >= 15 is 0 Å². The molecule has 2 aromatic rings. The van der Waals surface area contributed by atoms with Crippen LogP contribution >= 0.6 is 11.6 Å². The van der Waals surface area contributed by atoms with Gasteiger partial charge in [0.1, 0.15) is 5.88 Å². The molecule has 0 aliphatic rings. The molecule has 0 aliphatic heterocycles. The number of alkyl halides is 1. The van der Waals surface area contributed by atoms with Gasteiger partial charge in [-0.15, -0.1) is 11.6 Å². The summed E-state index contributed by atoms with van der Waals surface area (Å²) in [5, 5.41) is 6.02. The lowest BCUT2D eigenvalue weighted by Gasteiger charge is -2.15. The minimum atomic E-state index is -0.326. The molecule has 7 nitrogen and oxygen atoms in total. The summed E-state index contributed by atoms with van der Waals surface area (Å²) in [6.45, 7) is 3.38. The van der Waals surface area contributed by atoms with Crippen molar-refractivity contribution in [3.8, 4) is 0 Å². The average Bonchev–Trinajstić information content (AvgIpc) is 3.08. The lowest BCUT2D eigenvalue weighted by atomic mass is 10.1. The molecule has 2 rings (SSSR count). The van der Waals surface area contributed by atoms with Crippen LogP contribution in [0.4, 0.5) is 11.4 Å². The molecule has 2 N–H and O–H groups in total. The number of aryl methyl sites for hydroxylation is 1. The van der Waals surface area contributed by atoms with Crippen molar-refractivity contribution < 1.29 is 14.3 Å². The van der Waals surface area contributed by atoms with Crippen LogP contribution in [0, 0.1) is 0 Å². The third kappa shape index (κ3) is 5.22. The molecule has 0 bridgehead atoms. The maximum absolute atomic E-state index is 11.6. The van der Waals surface area contributed by atoms with Gasteiger partial charge in [-0.2, -0.15) is 0 Å². The van der Waals surface area contributed by atoms with Gasteiger partial charge in [-0.05, 0) is 24.6 Å².